The first-order valence-electron chi connectivity index (χ1n) is 8.19. The van der Waals surface area contributed by atoms with Crippen LogP contribution in [0.2, 0.25) is 0 Å². The van der Waals surface area contributed by atoms with Crippen LogP contribution in [0.5, 0.6) is 5.75 Å². The molecule has 1 fully saturated rings. The first-order valence-corrected chi connectivity index (χ1v) is 9.07. The predicted octanol–water partition coefficient (Wildman–Crippen LogP) is 2.88. The van der Waals surface area contributed by atoms with Gasteiger partial charge in [-0.2, -0.15) is 0 Å². The van der Waals surface area contributed by atoms with E-state index in [1.807, 2.05) is 35.4 Å². The van der Waals surface area contributed by atoms with Gasteiger partial charge in [-0.15, -0.1) is 11.3 Å². The van der Waals surface area contributed by atoms with E-state index in [0.717, 1.165) is 23.5 Å². The third-order valence-electron chi connectivity index (χ3n) is 4.29. The summed E-state index contributed by atoms with van der Waals surface area (Å²) in [6.45, 7) is 3.99. The van der Waals surface area contributed by atoms with Crippen molar-refractivity contribution in [2.24, 2.45) is 5.92 Å². The van der Waals surface area contributed by atoms with Crippen molar-refractivity contribution in [3.05, 3.63) is 45.9 Å². The molecule has 1 aliphatic rings. The number of hydrogen-bond donors (Lipinski definition) is 1. The zero-order valence-electron chi connectivity index (χ0n) is 13.8. The van der Waals surface area contributed by atoms with Crippen molar-refractivity contribution in [3.8, 4) is 5.75 Å². The van der Waals surface area contributed by atoms with Crippen LogP contribution in [0.3, 0.4) is 0 Å². The van der Waals surface area contributed by atoms with Crippen molar-refractivity contribution in [2.75, 3.05) is 19.7 Å². The maximum Gasteiger partial charge on any atom is 0.253 e. The van der Waals surface area contributed by atoms with Crippen LogP contribution in [0, 0.1) is 12.8 Å². The van der Waals surface area contributed by atoms with Crippen LogP contribution in [0.1, 0.15) is 33.9 Å². The van der Waals surface area contributed by atoms with Crippen molar-refractivity contribution >= 4 is 17.2 Å². The van der Waals surface area contributed by atoms with Gasteiger partial charge in [-0.1, -0.05) is 6.07 Å². The third-order valence-corrected chi connectivity index (χ3v) is 5.12. The highest BCUT2D eigenvalue weighted by molar-refractivity contribution is 7.09. The van der Waals surface area contributed by atoms with Gasteiger partial charge < -0.3 is 14.7 Å². The molecule has 1 N–H and O–H groups in total. The highest BCUT2D eigenvalue weighted by Gasteiger charge is 2.23. The standard InChI is InChI=1S/C18H22N2O3S/c1-13-19-16(12-24-13)11-23-17-4-2-3-15(9-17)18(22)20-7-5-14(10-21)6-8-20/h2-4,9,12,14,21H,5-8,10-11H2,1H3. The van der Waals surface area contributed by atoms with E-state index in [2.05, 4.69) is 4.98 Å². The zero-order chi connectivity index (χ0) is 16.9. The topological polar surface area (TPSA) is 62.7 Å². The van der Waals surface area contributed by atoms with Gasteiger partial charge in [-0.25, -0.2) is 4.98 Å². The summed E-state index contributed by atoms with van der Waals surface area (Å²) >= 11 is 1.60. The van der Waals surface area contributed by atoms with E-state index < -0.39 is 0 Å². The van der Waals surface area contributed by atoms with Crippen LogP contribution < -0.4 is 4.74 Å². The number of carbonyl (C=O) groups is 1. The number of aliphatic hydroxyl groups is 1. The minimum absolute atomic E-state index is 0.0290. The third kappa shape index (κ3) is 4.13. The van der Waals surface area contributed by atoms with Crippen LogP contribution in [0.4, 0.5) is 0 Å². The zero-order valence-corrected chi connectivity index (χ0v) is 14.6. The lowest BCUT2D eigenvalue weighted by molar-refractivity contribution is 0.0650. The SMILES string of the molecule is Cc1nc(COc2cccc(C(=O)N3CCC(CO)CC3)c2)cs1. The summed E-state index contributed by atoms with van der Waals surface area (Å²) in [6.07, 6.45) is 1.73. The molecule has 0 bridgehead atoms. The average molecular weight is 346 g/mol. The van der Waals surface area contributed by atoms with Crippen LogP contribution in [-0.2, 0) is 6.61 Å². The van der Waals surface area contributed by atoms with Gasteiger partial charge in [-0.05, 0) is 43.9 Å². The first kappa shape index (κ1) is 16.9. The Hall–Kier alpha value is -1.92. The lowest BCUT2D eigenvalue weighted by Crippen LogP contribution is -2.39. The summed E-state index contributed by atoms with van der Waals surface area (Å²) in [5.41, 5.74) is 1.55. The van der Waals surface area contributed by atoms with Gasteiger partial charge in [0.1, 0.15) is 12.4 Å². The van der Waals surface area contributed by atoms with Gasteiger partial charge in [0.2, 0.25) is 0 Å². The highest BCUT2D eigenvalue weighted by Crippen LogP contribution is 2.21. The number of aryl methyl sites for hydroxylation is 1. The number of aliphatic hydroxyl groups excluding tert-OH is 1. The van der Waals surface area contributed by atoms with Crippen LogP contribution in [0.15, 0.2) is 29.6 Å². The molecule has 1 aliphatic heterocycles. The maximum absolute atomic E-state index is 12.6. The molecule has 0 spiro atoms. The number of likely N-dealkylation sites (tertiary alicyclic amines) is 1. The van der Waals surface area contributed by atoms with Crippen molar-refractivity contribution in [2.45, 2.75) is 26.4 Å². The minimum atomic E-state index is 0.0290. The molecular weight excluding hydrogens is 324 g/mol. The normalized spacial score (nSPS) is 15.5. The monoisotopic (exact) mass is 346 g/mol. The number of amides is 1. The van der Waals surface area contributed by atoms with E-state index in [9.17, 15) is 9.90 Å². The summed E-state index contributed by atoms with van der Waals surface area (Å²) < 4.78 is 5.76. The molecule has 1 saturated heterocycles. The Morgan fingerprint density at radius 1 is 1.42 bits per heavy atom. The number of benzene rings is 1. The van der Waals surface area contributed by atoms with Gasteiger partial charge in [-0.3, -0.25) is 4.79 Å². The molecule has 0 radical (unpaired) electrons. The van der Waals surface area contributed by atoms with Crippen LogP contribution in [0.25, 0.3) is 0 Å². The quantitative estimate of drug-likeness (QED) is 0.904. The summed E-state index contributed by atoms with van der Waals surface area (Å²) in [5, 5.41) is 12.2. The van der Waals surface area contributed by atoms with Crippen molar-refractivity contribution < 1.29 is 14.6 Å². The molecule has 0 saturated carbocycles. The van der Waals surface area contributed by atoms with E-state index in [4.69, 9.17) is 4.74 Å². The number of carbonyl (C=O) groups excluding carboxylic acids is 1. The molecular formula is C18H22N2O3S. The second-order valence-electron chi connectivity index (χ2n) is 6.09. The van der Waals surface area contributed by atoms with Crippen molar-refractivity contribution in [1.29, 1.82) is 0 Å². The average Bonchev–Trinajstić information content (AvgIpc) is 3.05. The highest BCUT2D eigenvalue weighted by atomic mass is 32.1. The van der Waals surface area contributed by atoms with Crippen molar-refractivity contribution in [1.82, 2.24) is 9.88 Å². The summed E-state index contributed by atoms with van der Waals surface area (Å²) in [6, 6.07) is 7.31. The molecule has 24 heavy (non-hydrogen) atoms. The van der Waals surface area contributed by atoms with E-state index in [1.54, 1.807) is 17.4 Å². The van der Waals surface area contributed by atoms with Gasteiger partial charge in [0.15, 0.2) is 0 Å². The fourth-order valence-corrected chi connectivity index (χ4v) is 3.45. The molecule has 128 valence electrons. The Morgan fingerprint density at radius 2 is 2.21 bits per heavy atom. The minimum Gasteiger partial charge on any atom is -0.487 e. The molecule has 2 heterocycles. The summed E-state index contributed by atoms with van der Waals surface area (Å²) in [5.74, 6) is 1.03. The van der Waals surface area contributed by atoms with Crippen LogP contribution >= 0.6 is 11.3 Å². The Morgan fingerprint density at radius 3 is 2.88 bits per heavy atom. The van der Waals surface area contributed by atoms with Gasteiger partial charge in [0.25, 0.3) is 5.91 Å². The number of piperidine rings is 1. The van der Waals surface area contributed by atoms with E-state index >= 15 is 0 Å². The lowest BCUT2D eigenvalue weighted by Gasteiger charge is -2.31. The fourth-order valence-electron chi connectivity index (χ4n) is 2.85. The molecule has 0 atom stereocenters. The molecule has 5 nitrogen and oxygen atoms in total. The summed E-state index contributed by atoms with van der Waals surface area (Å²) in [4.78, 5) is 18.8. The van der Waals surface area contributed by atoms with Gasteiger partial charge in [0.05, 0.1) is 10.7 Å². The lowest BCUT2D eigenvalue weighted by atomic mass is 9.97. The molecule has 3 rings (SSSR count). The molecule has 0 unspecified atom stereocenters. The fraction of sp³-hybridized carbons (Fsp3) is 0.444. The molecule has 1 aromatic carbocycles. The number of thiazole rings is 1. The Bertz CT molecular complexity index is 693. The second kappa shape index (κ2) is 7.77. The molecule has 0 aliphatic carbocycles. The Balaban J connectivity index is 1.61. The largest absolute Gasteiger partial charge is 0.487 e. The second-order valence-corrected chi connectivity index (χ2v) is 7.15. The predicted molar refractivity (Wildman–Crippen MR) is 93.3 cm³/mol. The Kier molecular flexibility index (Phi) is 5.48. The molecule has 1 aromatic heterocycles. The first-order chi connectivity index (χ1) is 11.7. The molecule has 2 aromatic rings. The number of nitrogens with zero attached hydrogens (tertiary/aromatic N) is 2. The smallest absolute Gasteiger partial charge is 0.253 e. The number of ether oxygens (including phenoxy) is 1. The molecule has 1 amide bonds. The number of hydrogen-bond acceptors (Lipinski definition) is 5. The van der Waals surface area contributed by atoms with E-state index in [1.165, 1.54) is 0 Å². The number of aromatic nitrogens is 1. The van der Waals surface area contributed by atoms with Crippen molar-refractivity contribution in [3.63, 3.8) is 0 Å². The van der Waals surface area contributed by atoms with E-state index in [0.29, 0.717) is 36.9 Å². The van der Waals surface area contributed by atoms with Gasteiger partial charge in [0, 0.05) is 30.6 Å². The Labute approximate surface area is 145 Å². The maximum atomic E-state index is 12.6. The van der Waals surface area contributed by atoms with Crippen LogP contribution in [-0.4, -0.2) is 40.6 Å². The molecule has 6 heteroatoms. The van der Waals surface area contributed by atoms with E-state index in [-0.39, 0.29) is 12.5 Å². The number of rotatable bonds is 5. The summed E-state index contributed by atoms with van der Waals surface area (Å²) in [7, 11) is 0. The van der Waals surface area contributed by atoms with Gasteiger partial charge >= 0.3 is 0 Å².